The zero-order chi connectivity index (χ0) is 60.6. The van der Waals surface area contributed by atoms with E-state index in [-0.39, 0.29) is 99.2 Å². The third kappa shape index (κ3) is 17.0. The Balaban J connectivity index is 0.662. The third-order valence-electron chi connectivity index (χ3n) is 15.9. The van der Waals surface area contributed by atoms with Crippen molar-refractivity contribution in [3.05, 3.63) is 131 Å². The number of fused-ring (bicyclic) bond motifs is 1. The zero-order valence-corrected chi connectivity index (χ0v) is 49.6. The average molecular weight is 1210 g/mol. The van der Waals surface area contributed by atoms with Crippen molar-refractivity contribution < 1.29 is 56.1 Å². The average Bonchev–Trinajstić information content (AvgIpc) is 2.18. The van der Waals surface area contributed by atoms with Crippen LogP contribution in [0.3, 0.4) is 0 Å². The Hall–Kier alpha value is -7.25. The fourth-order valence-electron chi connectivity index (χ4n) is 11.1. The number of alkyl halides is 3. The first-order valence-corrected chi connectivity index (χ1v) is 30.3. The topological polar surface area (TPSA) is 219 Å². The number of ether oxygens (including phenoxy) is 4. The van der Waals surface area contributed by atoms with Gasteiger partial charge < -0.3 is 44.7 Å². The first-order valence-electron chi connectivity index (χ1n) is 29.5. The standard InChI is InChI=1S/C63H75F3N10O9S/c1-4-74-23-25-75(26-24-74)39-46-18-19-49(36-51(46)63(64,65)66)69-59(80)45-15-8-13-43(33-45)52-20-21-53-60(70-52)86-62(71-53)72-55(77)40-84-30-29-82-27-28-83-31-32-85-50-16-9-14-44(35-50)57(78)48-34-47(37-68-38-48)54-17-10-22-76(54)61(81)56(42-11-6-5-7-12-42)73-58(79)41(2)67-3/h8-9,13-16,18-21,33-38,41-42,54,56,67H,4-7,10-12,17,22-32,39-40H2,1-3H3,(H,69,80)(H,73,79)(H,71,72,77)/t41-,54-,56-/m0/s1. The predicted molar refractivity (Wildman–Crippen MR) is 321 cm³/mol. The van der Waals surface area contributed by atoms with Gasteiger partial charge in [0, 0.05) is 79.6 Å². The van der Waals surface area contributed by atoms with Crippen LogP contribution >= 0.6 is 11.3 Å². The predicted octanol–water partition coefficient (Wildman–Crippen LogP) is 8.80. The summed E-state index contributed by atoms with van der Waals surface area (Å²) in [5.41, 5.74) is 2.93. The van der Waals surface area contributed by atoms with Gasteiger partial charge in [-0.1, -0.05) is 67.9 Å². The number of hydrogen-bond donors (Lipinski definition) is 4. The number of halogens is 3. The van der Waals surface area contributed by atoms with Gasteiger partial charge >= 0.3 is 6.18 Å². The number of aromatic nitrogens is 3. The molecule has 458 valence electrons. The molecule has 5 heterocycles. The van der Waals surface area contributed by atoms with Gasteiger partial charge in [-0.25, -0.2) is 9.97 Å². The molecule has 1 aliphatic carbocycles. The molecule has 86 heavy (non-hydrogen) atoms. The Labute approximate surface area is 502 Å². The number of nitrogens with zero attached hydrogens (tertiary/aromatic N) is 6. The Kier molecular flexibility index (Phi) is 22.4. The molecule has 2 saturated heterocycles. The maximum Gasteiger partial charge on any atom is 0.416 e. The van der Waals surface area contributed by atoms with Crippen LogP contribution in [0.5, 0.6) is 5.75 Å². The molecule has 3 fully saturated rings. The molecule has 3 aliphatic rings. The number of carbonyl (C=O) groups excluding carboxylic acids is 5. The molecule has 4 amide bonds. The van der Waals surface area contributed by atoms with E-state index in [0.29, 0.717) is 63.2 Å². The molecule has 3 atom stereocenters. The van der Waals surface area contributed by atoms with Crippen LogP contribution in [-0.4, -0.2) is 164 Å². The largest absolute Gasteiger partial charge is 0.491 e. The van der Waals surface area contributed by atoms with E-state index in [4.69, 9.17) is 23.9 Å². The number of piperazine rings is 1. The summed E-state index contributed by atoms with van der Waals surface area (Å²) in [7, 11) is 1.72. The van der Waals surface area contributed by atoms with Gasteiger partial charge in [-0.3, -0.25) is 39.2 Å². The highest BCUT2D eigenvalue weighted by Gasteiger charge is 2.40. The summed E-state index contributed by atoms with van der Waals surface area (Å²) < 4.78 is 65.5. The molecule has 2 aliphatic heterocycles. The van der Waals surface area contributed by atoms with Crippen molar-refractivity contribution in [1.82, 2.24) is 40.3 Å². The minimum atomic E-state index is -4.60. The number of thiazole rings is 1. The minimum Gasteiger partial charge on any atom is -0.491 e. The van der Waals surface area contributed by atoms with Gasteiger partial charge in [-0.15, -0.1) is 0 Å². The zero-order valence-electron chi connectivity index (χ0n) is 48.8. The van der Waals surface area contributed by atoms with Crippen LogP contribution in [0.4, 0.5) is 24.0 Å². The number of nitrogens with one attached hydrogen (secondary N) is 4. The lowest BCUT2D eigenvalue weighted by Gasteiger charge is -2.35. The molecule has 0 spiro atoms. The number of benzene rings is 3. The second kappa shape index (κ2) is 30.4. The molecule has 0 unspecified atom stereocenters. The van der Waals surface area contributed by atoms with Crippen molar-refractivity contribution in [3.8, 4) is 17.0 Å². The number of carbonyl (C=O) groups is 5. The fourth-order valence-corrected chi connectivity index (χ4v) is 11.9. The summed E-state index contributed by atoms with van der Waals surface area (Å²) in [6.07, 6.45) is 5.14. The van der Waals surface area contributed by atoms with Crippen molar-refractivity contribution in [2.75, 3.05) is 103 Å². The molecule has 6 aromatic rings. The first-order chi connectivity index (χ1) is 41.6. The third-order valence-corrected chi connectivity index (χ3v) is 16.8. The van der Waals surface area contributed by atoms with Crippen molar-refractivity contribution in [2.24, 2.45) is 5.92 Å². The Morgan fingerprint density at radius 1 is 0.733 bits per heavy atom. The van der Waals surface area contributed by atoms with Crippen LogP contribution in [0.1, 0.15) is 108 Å². The Morgan fingerprint density at radius 2 is 1.47 bits per heavy atom. The van der Waals surface area contributed by atoms with Gasteiger partial charge in [0.2, 0.25) is 11.8 Å². The summed E-state index contributed by atoms with van der Waals surface area (Å²) in [6.45, 7) is 9.65. The molecular weight excluding hydrogens is 1130 g/mol. The normalized spacial score (nSPS) is 16.9. The SMILES string of the molecule is CCN1CCN(Cc2ccc(NC(=O)c3cccc(-c4ccc5nc(NC(=O)COCCOCCOCCOc6cccc(C(=O)c7cncc([C@@H]8CCCN8C(=O)[C@@H](NC(=O)[C@H](C)NC)C8CCCCC8)c7)c6)sc5n4)c3)cc2C(F)(F)F)CC1. The molecule has 0 bridgehead atoms. The van der Waals surface area contributed by atoms with E-state index in [1.165, 1.54) is 18.3 Å². The summed E-state index contributed by atoms with van der Waals surface area (Å²) in [5, 5.41) is 11.7. The van der Waals surface area contributed by atoms with Gasteiger partial charge in [-0.05, 0) is 118 Å². The van der Waals surface area contributed by atoms with Crippen molar-refractivity contribution in [3.63, 3.8) is 0 Å². The quantitative estimate of drug-likeness (QED) is 0.0280. The van der Waals surface area contributed by atoms with E-state index >= 15 is 0 Å². The monoisotopic (exact) mass is 1200 g/mol. The van der Waals surface area contributed by atoms with Gasteiger partial charge in [0.15, 0.2) is 10.9 Å². The molecule has 1 saturated carbocycles. The van der Waals surface area contributed by atoms with Crippen molar-refractivity contribution in [2.45, 2.75) is 89.6 Å². The van der Waals surface area contributed by atoms with Crippen LogP contribution in [-0.2, 0) is 41.3 Å². The molecule has 23 heteroatoms. The summed E-state index contributed by atoms with van der Waals surface area (Å²) in [4.78, 5) is 87.6. The molecular formula is C63H75F3N10O9S. The highest BCUT2D eigenvalue weighted by molar-refractivity contribution is 7.22. The summed E-state index contributed by atoms with van der Waals surface area (Å²) >= 11 is 1.16. The van der Waals surface area contributed by atoms with Crippen LogP contribution < -0.4 is 26.0 Å². The molecule has 4 N–H and O–H groups in total. The van der Waals surface area contributed by atoms with Crippen LogP contribution in [0.15, 0.2) is 97.3 Å². The van der Waals surface area contributed by atoms with E-state index in [2.05, 4.69) is 43.1 Å². The van der Waals surface area contributed by atoms with E-state index in [1.807, 2.05) is 15.9 Å². The van der Waals surface area contributed by atoms with Crippen LogP contribution in [0.25, 0.3) is 21.6 Å². The van der Waals surface area contributed by atoms with Gasteiger partial charge in [0.1, 0.15) is 35.4 Å². The number of anilines is 2. The molecule has 9 rings (SSSR count). The number of likely N-dealkylation sites (tertiary alicyclic amines) is 1. The lowest BCUT2D eigenvalue weighted by atomic mass is 9.83. The Morgan fingerprint density at radius 3 is 2.22 bits per heavy atom. The summed E-state index contributed by atoms with van der Waals surface area (Å²) in [5.74, 6) is -0.935. The number of hydrogen-bond acceptors (Lipinski definition) is 16. The number of amides is 4. The number of likely N-dealkylation sites (N-methyl/N-ethyl adjacent to an activating group) is 2. The highest BCUT2D eigenvalue weighted by atomic mass is 32.1. The molecule has 3 aromatic heterocycles. The number of ketones is 1. The highest BCUT2D eigenvalue weighted by Crippen LogP contribution is 2.37. The maximum absolute atomic E-state index is 14.3. The fraction of sp³-hybridized carbons (Fsp3) is 0.460. The second-order valence-electron chi connectivity index (χ2n) is 21.8. The van der Waals surface area contributed by atoms with E-state index in [1.54, 1.807) is 80.8 Å². The van der Waals surface area contributed by atoms with Crippen LogP contribution in [0.2, 0.25) is 0 Å². The molecule has 19 nitrogen and oxygen atoms in total. The Bertz CT molecular complexity index is 3300. The maximum atomic E-state index is 14.3. The van der Waals surface area contributed by atoms with E-state index in [0.717, 1.165) is 87.5 Å². The van der Waals surface area contributed by atoms with Gasteiger partial charge in [-0.2, -0.15) is 13.2 Å². The second-order valence-corrected chi connectivity index (χ2v) is 22.8. The van der Waals surface area contributed by atoms with Crippen molar-refractivity contribution in [1.29, 1.82) is 0 Å². The molecule has 3 aromatic carbocycles. The number of rotatable bonds is 27. The summed E-state index contributed by atoms with van der Waals surface area (Å²) in [6, 6.07) is 21.4. The smallest absolute Gasteiger partial charge is 0.416 e. The molecule has 0 radical (unpaired) electrons. The minimum absolute atomic E-state index is 0.0369. The lowest BCUT2D eigenvalue weighted by molar-refractivity contribution is -0.139. The van der Waals surface area contributed by atoms with Crippen LogP contribution in [0, 0.1) is 5.92 Å². The number of pyridine rings is 2. The van der Waals surface area contributed by atoms with Gasteiger partial charge in [0.05, 0.1) is 56.4 Å². The van der Waals surface area contributed by atoms with E-state index < -0.39 is 35.6 Å². The van der Waals surface area contributed by atoms with E-state index in [9.17, 15) is 37.1 Å². The van der Waals surface area contributed by atoms with Gasteiger partial charge in [0.25, 0.3) is 11.8 Å². The van der Waals surface area contributed by atoms with Crippen molar-refractivity contribution >= 4 is 61.9 Å². The first kappa shape index (κ1) is 63.3. The lowest BCUT2D eigenvalue weighted by Crippen LogP contribution is -2.55.